The van der Waals surface area contributed by atoms with Crippen LogP contribution in [-0.4, -0.2) is 45.3 Å². The van der Waals surface area contributed by atoms with Gasteiger partial charge in [-0.15, -0.1) is 0 Å². The highest BCUT2D eigenvalue weighted by Gasteiger charge is 2.15. The Bertz CT molecular complexity index is 582. The van der Waals surface area contributed by atoms with E-state index in [-0.39, 0.29) is 10.7 Å². The molecule has 118 valence electrons. The van der Waals surface area contributed by atoms with E-state index in [0.29, 0.717) is 31.1 Å². The second-order valence-electron chi connectivity index (χ2n) is 5.28. The summed E-state index contributed by atoms with van der Waals surface area (Å²) in [6, 6.07) is 6.52. The molecule has 0 aliphatic carbocycles. The van der Waals surface area contributed by atoms with Gasteiger partial charge in [-0.05, 0) is 33.0 Å². The van der Waals surface area contributed by atoms with Crippen LogP contribution in [0.1, 0.15) is 37.6 Å². The van der Waals surface area contributed by atoms with Gasteiger partial charge in [-0.1, -0.05) is 19.1 Å². The number of hydrogen-bond donors (Lipinski definition) is 1. The van der Waals surface area contributed by atoms with Gasteiger partial charge in [0.25, 0.3) is 0 Å². The third-order valence-electron chi connectivity index (χ3n) is 3.43. The van der Waals surface area contributed by atoms with Gasteiger partial charge in [-0.3, -0.25) is 4.79 Å². The van der Waals surface area contributed by atoms with E-state index >= 15 is 0 Å². The summed E-state index contributed by atoms with van der Waals surface area (Å²) < 4.78 is 27.0. The summed E-state index contributed by atoms with van der Waals surface area (Å²) >= 11 is 0. The summed E-state index contributed by atoms with van der Waals surface area (Å²) in [4.78, 5) is 13.8. The number of ketones is 1. The predicted octanol–water partition coefficient (Wildman–Crippen LogP) is 1.90. The summed E-state index contributed by atoms with van der Waals surface area (Å²) in [6.45, 7) is 6.82. The van der Waals surface area contributed by atoms with Crippen LogP contribution >= 0.6 is 0 Å². The fourth-order valence-corrected chi connectivity index (χ4v) is 2.81. The minimum absolute atomic E-state index is 0.0633. The largest absolute Gasteiger partial charge is 0.303 e. The Kier molecular flexibility index (Phi) is 6.51. The molecule has 0 amide bonds. The van der Waals surface area contributed by atoms with Crippen molar-refractivity contribution < 1.29 is 13.2 Å². The van der Waals surface area contributed by atoms with Crippen molar-refractivity contribution in [1.29, 1.82) is 0 Å². The number of carbonyl (C=O) groups is 1. The molecule has 0 heterocycles. The Hall–Kier alpha value is -1.24. The maximum Gasteiger partial charge on any atom is 0.240 e. The minimum Gasteiger partial charge on any atom is -0.303 e. The number of rotatable bonds is 8. The summed E-state index contributed by atoms with van der Waals surface area (Å²) in [5.41, 5.74) is 0.430. The topological polar surface area (TPSA) is 66.5 Å². The molecule has 5 nitrogen and oxygen atoms in total. The maximum absolute atomic E-state index is 12.2. The highest BCUT2D eigenvalue weighted by Crippen LogP contribution is 2.12. The number of likely N-dealkylation sites (N-methyl/N-ethyl adjacent to an activating group) is 1. The highest BCUT2D eigenvalue weighted by molar-refractivity contribution is 7.89. The average Bonchev–Trinajstić information content (AvgIpc) is 2.46. The quantitative estimate of drug-likeness (QED) is 0.745. The van der Waals surface area contributed by atoms with E-state index in [2.05, 4.69) is 9.62 Å². The number of sulfonamides is 1. The highest BCUT2D eigenvalue weighted by atomic mass is 32.2. The third-order valence-corrected chi connectivity index (χ3v) is 4.88. The zero-order valence-corrected chi connectivity index (χ0v) is 13.9. The number of benzene rings is 1. The van der Waals surface area contributed by atoms with Gasteiger partial charge >= 0.3 is 0 Å². The Balaban J connectivity index is 2.77. The molecule has 0 aliphatic rings. The van der Waals surface area contributed by atoms with Crippen molar-refractivity contribution in [2.75, 3.05) is 20.1 Å². The molecule has 1 N–H and O–H groups in total. The first-order valence-corrected chi connectivity index (χ1v) is 8.59. The van der Waals surface area contributed by atoms with Crippen LogP contribution in [0.25, 0.3) is 0 Å². The van der Waals surface area contributed by atoms with Crippen molar-refractivity contribution in [3.8, 4) is 0 Å². The second-order valence-corrected chi connectivity index (χ2v) is 7.04. The molecule has 0 aliphatic heterocycles. The van der Waals surface area contributed by atoms with E-state index in [1.54, 1.807) is 19.1 Å². The van der Waals surface area contributed by atoms with Crippen LogP contribution in [0.4, 0.5) is 0 Å². The van der Waals surface area contributed by atoms with E-state index in [1.165, 1.54) is 12.1 Å². The lowest BCUT2D eigenvalue weighted by atomic mass is 10.1. The lowest BCUT2D eigenvalue weighted by Gasteiger charge is -2.20. The molecular weight excluding hydrogens is 288 g/mol. The molecule has 0 atom stereocenters. The number of nitrogens with one attached hydrogen (secondary N) is 1. The first-order chi connectivity index (χ1) is 9.77. The summed E-state index contributed by atoms with van der Waals surface area (Å²) in [5, 5.41) is 0. The molecule has 0 radical (unpaired) electrons. The zero-order valence-electron chi connectivity index (χ0n) is 13.1. The standard InChI is InChI=1S/C15H24N2O3S/c1-5-15(18)13-7-6-8-14(11-13)21(19,20)16-9-10-17(4)12(2)3/h6-8,11-12,16H,5,9-10H2,1-4H3. The van der Waals surface area contributed by atoms with Crippen molar-refractivity contribution in [3.05, 3.63) is 29.8 Å². The molecule has 6 heteroatoms. The van der Waals surface area contributed by atoms with Crippen LogP contribution in [0.2, 0.25) is 0 Å². The van der Waals surface area contributed by atoms with Crippen molar-refractivity contribution in [2.45, 2.75) is 38.1 Å². The number of hydrogen-bond acceptors (Lipinski definition) is 4. The van der Waals surface area contributed by atoms with Crippen LogP contribution in [0.15, 0.2) is 29.2 Å². The zero-order chi connectivity index (χ0) is 16.0. The van der Waals surface area contributed by atoms with Gasteiger partial charge in [-0.25, -0.2) is 13.1 Å². The van der Waals surface area contributed by atoms with Gasteiger partial charge in [0, 0.05) is 31.1 Å². The van der Waals surface area contributed by atoms with Crippen LogP contribution in [-0.2, 0) is 10.0 Å². The lowest BCUT2D eigenvalue weighted by molar-refractivity contribution is 0.0988. The third kappa shape index (κ3) is 5.22. The second kappa shape index (κ2) is 7.68. The van der Waals surface area contributed by atoms with E-state index in [0.717, 1.165) is 0 Å². The van der Waals surface area contributed by atoms with Crippen LogP contribution < -0.4 is 4.72 Å². The predicted molar refractivity (Wildman–Crippen MR) is 84.0 cm³/mol. The fraction of sp³-hybridized carbons (Fsp3) is 0.533. The van der Waals surface area contributed by atoms with Crippen molar-refractivity contribution in [3.63, 3.8) is 0 Å². The molecule has 0 saturated heterocycles. The van der Waals surface area contributed by atoms with E-state index in [9.17, 15) is 13.2 Å². The molecule has 0 saturated carbocycles. The lowest BCUT2D eigenvalue weighted by Crippen LogP contribution is -2.36. The van der Waals surface area contributed by atoms with Crippen molar-refractivity contribution in [1.82, 2.24) is 9.62 Å². The first kappa shape index (κ1) is 17.8. The molecule has 1 rings (SSSR count). The van der Waals surface area contributed by atoms with Crippen LogP contribution in [0.5, 0.6) is 0 Å². The maximum atomic E-state index is 12.2. The Morgan fingerprint density at radius 1 is 1.33 bits per heavy atom. The molecule has 0 spiro atoms. The minimum atomic E-state index is -3.57. The smallest absolute Gasteiger partial charge is 0.240 e. The molecule has 1 aromatic rings. The molecule has 1 aromatic carbocycles. The van der Waals surface area contributed by atoms with Gasteiger partial charge < -0.3 is 4.90 Å². The molecule has 0 fully saturated rings. The van der Waals surface area contributed by atoms with Gasteiger partial charge in [0.2, 0.25) is 10.0 Å². The monoisotopic (exact) mass is 312 g/mol. The van der Waals surface area contributed by atoms with Crippen molar-refractivity contribution in [2.24, 2.45) is 0 Å². The van der Waals surface area contributed by atoms with E-state index in [1.807, 2.05) is 20.9 Å². The molecule has 0 bridgehead atoms. The van der Waals surface area contributed by atoms with Gasteiger partial charge in [0.15, 0.2) is 5.78 Å². The SMILES string of the molecule is CCC(=O)c1cccc(S(=O)(=O)NCCN(C)C(C)C)c1. The number of carbonyl (C=O) groups excluding carboxylic acids is 1. The first-order valence-electron chi connectivity index (χ1n) is 7.11. The van der Waals surface area contributed by atoms with Crippen LogP contribution in [0, 0.1) is 0 Å². The van der Waals surface area contributed by atoms with Gasteiger partial charge in [0.1, 0.15) is 0 Å². The van der Waals surface area contributed by atoms with E-state index in [4.69, 9.17) is 0 Å². The Morgan fingerprint density at radius 2 is 2.00 bits per heavy atom. The summed E-state index contributed by atoms with van der Waals surface area (Å²) in [6.07, 6.45) is 0.357. The van der Waals surface area contributed by atoms with Crippen LogP contribution in [0.3, 0.4) is 0 Å². The molecule has 0 aromatic heterocycles. The summed E-state index contributed by atoms with van der Waals surface area (Å²) in [7, 11) is -1.63. The average molecular weight is 312 g/mol. The molecule has 21 heavy (non-hydrogen) atoms. The van der Waals surface area contributed by atoms with Gasteiger partial charge in [0.05, 0.1) is 4.90 Å². The Labute approximate surface area is 127 Å². The normalized spacial score (nSPS) is 12.1. The van der Waals surface area contributed by atoms with Crippen molar-refractivity contribution >= 4 is 15.8 Å². The van der Waals surface area contributed by atoms with E-state index < -0.39 is 10.0 Å². The number of Topliss-reactive ketones (excluding diaryl/α,β-unsaturated/α-hetero) is 1. The summed E-state index contributed by atoms with van der Waals surface area (Å²) in [5.74, 6) is -0.0633. The van der Waals surface area contributed by atoms with Gasteiger partial charge in [-0.2, -0.15) is 0 Å². The number of nitrogens with zero attached hydrogens (tertiary/aromatic N) is 1. The fourth-order valence-electron chi connectivity index (χ4n) is 1.74. The Morgan fingerprint density at radius 3 is 2.57 bits per heavy atom. The molecule has 0 unspecified atom stereocenters. The molecular formula is C15H24N2O3S.